The van der Waals surface area contributed by atoms with Gasteiger partial charge in [-0.05, 0) is 42.9 Å². The normalized spacial score (nSPS) is 19.0. The maximum atomic E-state index is 12.1. The van der Waals surface area contributed by atoms with E-state index in [-0.39, 0.29) is 5.69 Å². The maximum absolute atomic E-state index is 12.1. The minimum Gasteiger partial charge on any atom is -0.447 e. The first-order chi connectivity index (χ1) is 15.1. The number of anilines is 3. The van der Waals surface area contributed by atoms with Gasteiger partial charge < -0.3 is 14.5 Å². The molecule has 5 rings (SSSR count). The van der Waals surface area contributed by atoms with Crippen molar-refractivity contribution in [3.63, 3.8) is 0 Å². The highest BCUT2D eigenvalue weighted by molar-refractivity contribution is 5.94. The quantitative estimate of drug-likeness (QED) is 0.538. The summed E-state index contributed by atoms with van der Waals surface area (Å²) < 4.78 is 5.08. The van der Waals surface area contributed by atoms with Gasteiger partial charge in [-0.15, -0.1) is 0 Å². The van der Waals surface area contributed by atoms with Crippen molar-refractivity contribution in [3.8, 4) is 0 Å². The molecule has 162 valence electrons. The number of ether oxygens (including phenoxy) is 1. The third kappa shape index (κ3) is 3.78. The van der Waals surface area contributed by atoms with Gasteiger partial charge in [-0.25, -0.2) is 4.79 Å². The van der Waals surface area contributed by atoms with Crippen LogP contribution in [-0.4, -0.2) is 50.3 Å². The van der Waals surface area contributed by atoms with E-state index in [9.17, 15) is 14.9 Å². The second-order valence-corrected chi connectivity index (χ2v) is 8.45. The molecule has 8 nitrogen and oxygen atoms in total. The average molecular weight is 422 g/mol. The zero-order valence-corrected chi connectivity index (χ0v) is 17.4. The smallest absolute Gasteiger partial charge is 0.414 e. The fourth-order valence-electron chi connectivity index (χ4n) is 4.99. The number of hydrogen-bond donors (Lipinski definition) is 0. The first-order valence-corrected chi connectivity index (χ1v) is 10.9. The van der Waals surface area contributed by atoms with Crippen LogP contribution in [0.25, 0.3) is 0 Å². The highest BCUT2D eigenvalue weighted by Crippen LogP contribution is 2.37. The monoisotopic (exact) mass is 422 g/mol. The number of cyclic esters (lactones) is 1. The number of nitro benzene ring substituents is 1. The summed E-state index contributed by atoms with van der Waals surface area (Å²) in [5.41, 5.74) is 4.24. The van der Waals surface area contributed by atoms with Crippen molar-refractivity contribution < 1.29 is 14.5 Å². The van der Waals surface area contributed by atoms with Gasteiger partial charge in [0.05, 0.1) is 22.8 Å². The van der Waals surface area contributed by atoms with Gasteiger partial charge in [0, 0.05) is 44.0 Å². The van der Waals surface area contributed by atoms with Crippen molar-refractivity contribution in [3.05, 3.63) is 58.1 Å². The number of carbonyl (C=O) groups is 1. The molecule has 2 aromatic rings. The molecule has 0 spiro atoms. The second-order valence-electron chi connectivity index (χ2n) is 8.45. The molecule has 3 aliphatic heterocycles. The molecule has 2 saturated heterocycles. The Morgan fingerprint density at radius 1 is 1.00 bits per heavy atom. The predicted octanol–water partition coefficient (Wildman–Crippen LogP) is 3.83. The number of nitro groups is 1. The number of carbonyl (C=O) groups excluding carboxylic acids is 1. The van der Waals surface area contributed by atoms with Crippen molar-refractivity contribution in [2.75, 3.05) is 54.0 Å². The molecule has 0 unspecified atom stereocenters. The Kier molecular flexibility index (Phi) is 5.13. The molecule has 3 heterocycles. The van der Waals surface area contributed by atoms with Crippen LogP contribution >= 0.6 is 0 Å². The summed E-state index contributed by atoms with van der Waals surface area (Å²) >= 11 is 0. The molecule has 3 aliphatic rings. The SMILES string of the molecule is O=C1OCCN1c1cc([N+](=O)[O-])ccc1N1CCC(CN2CCc3ccccc32)CC1. The van der Waals surface area contributed by atoms with Gasteiger partial charge >= 0.3 is 6.09 Å². The van der Waals surface area contributed by atoms with Gasteiger partial charge in [-0.2, -0.15) is 0 Å². The third-order valence-corrected chi connectivity index (χ3v) is 6.64. The van der Waals surface area contributed by atoms with E-state index in [2.05, 4.69) is 34.1 Å². The van der Waals surface area contributed by atoms with E-state index >= 15 is 0 Å². The van der Waals surface area contributed by atoms with Crippen LogP contribution in [0, 0.1) is 16.0 Å². The van der Waals surface area contributed by atoms with Crippen LogP contribution < -0.4 is 14.7 Å². The number of benzene rings is 2. The van der Waals surface area contributed by atoms with Crippen molar-refractivity contribution in [1.29, 1.82) is 0 Å². The molecular formula is C23H26N4O4. The van der Waals surface area contributed by atoms with E-state index in [1.165, 1.54) is 28.3 Å². The first kappa shape index (κ1) is 19.7. The molecule has 2 aromatic carbocycles. The molecule has 0 radical (unpaired) electrons. The number of hydrogen-bond acceptors (Lipinski definition) is 6. The summed E-state index contributed by atoms with van der Waals surface area (Å²) in [4.78, 5) is 29.3. The Bertz CT molecular complexity index is 1000. The second kappa shape index (κ2) is 8.09. The lowest BCUT2D eigenvalue weighted by molar-refractivity contribution is -0.384. The highest BCUT2D eigenvalue weighted by Gasteiger charge is 2.31. The van der Waals surface area contributed by atoms with Crippen molar-refractivity contribution in [1.82, 2.24) is 0 Å². The van der Waals surface area contributed by atoms with Crippen LogP contribution in [0.2, 0.25) is 0 Å². The molecule has 0 atom stereocenters. The molecule has 0 saturated carbocycles. The summed E-state index contributed by atoms with van der Waals surface area (Å²) in [6.45, 7) is 4.61. The lowest BCUT2D eigenvalue weighted by atomic mass is 9.95. The molecular weight excluding hydrogens is 396 g/mol. The van der Waals surface area contributed by atoms with Gasteiger partial charge in [0.15, 0.2) is 0 Å². The van der Waals surface area contributed by atoms with Crippen molar-refractivity contribution in [2.24, 2.45) is 5.92 Å². The van der Waals surface area contributed by atoms with Crippen LogP contribution in [0.4, 0.5) is 27.5 Å². The Morgan fingerprint density at radius 3 is 2.55 bits per heavy atom. The zero-order valence-electron chi connectivity index (χ0n) is 17.4. The summed E-state index contributed by atoms with van der Waals surface area (Å²) in [6.07, 6.45) is 2.79. The molecule has 0 aromatic heterocycles. The zero-order chi connectivity index (χ0) is 21.4. The van der Waals surface area contributed by atoms with Crippen LogP contribution in [0.1, 0.15) is 18.4 Å². The van der Waals surface area contributed by atoms with Gasteiger partial charge in [0.2, 0.25) is 0 Å². The van der Waals surface area contributed by atoms with Gasteiger partial charge in [-0.1, -0.05) is 18.2 Å². The predicted molar refractivity (Wildman–Crippen MR) is 119 cm³/mol. The standard InChI is InChI=1S/C23H26N4O4/c28-23-26(13-14-31-23)22-15-19(27(29)30)5-6-21(22)24-10-7-17(8-11-24)16-25-12-9-18-3-1-2-4-20(18)25/h1-6,15,17H,7-14,16H2. The lowest BCUT2D eigenvalue weighted by Gasteiger charge is -2.37. The Labute approximate surface area is 181 Å². The van der Waals surface area contributed by atoms with Gasteiger partial charge in [0.1, 0.15) is 6.61 Å². The topological polar surface area (TPSA) is 79.2 Å². The minimum absolute atomic E-state index is 0.0129. The summed E-state index contributed by atoms with van der Waals surface area (Å²) in [5.74, 6) is 0.612. The largest absolute Gasteiger partial charge is 0.447 e. The molecule has 0 bridgehead atoms. The van der Waals surface area contributed by atoms with Crippen LogP contribution in [0.5, 0.6) is 0 Å². The summed E-state index contributed by atoms with van der Waals surface area (Å²) in [6, 6.07) is 13.4. The third-order valence-electron chi connectivity index (χ3n) is 6.64. The van der Waals surface area contributed by atoms with Crippen molar-refractivity contribution in [2.45, 2.75) is 19.3 Å². The molecule has 0 aliphatic carbocycles. The highest BCUT2D eigenvalue weighted by atomic mass is 16.6. The maximum Gasteiger partial charge on any atom is 0.414 e. The van der Waals surface area contributed by atoms with Crippen LogP contribution in [0.15, 0.2) is 42.5 Å². The number of non-ortho nitro benzene ring substituents is 1. The Morgan fingerprint density at radius 2 is 1.81 bits per heavy atom. The lowest BCUT2D eigenvalue weighted by Crippen LogP contribution is -2.39. The average Bonchev–Trinajstić information content (AvgIpc) is 3.40. The number of piperidine rings is 1. The molecule has 8 heteroatoms. The number of rotatable bonds is 5. The van der Waals surface area contributed by atoms with E-state index in [0.29, 0.717) is 24.8 Å². The molecule has 31 heavy (non-hydrogen) atoms. The fourth-order valence-corrected chi connectivity index (χ4v) is 4.99. The first-order valence-electron chi connectivity index (χ1n) is 10.9. The van der Waals surface area contributed by atoms with Gasteiger partial charge in [0.25, 0.3) is 5.69 Å². The summed E-state index contributed by atoms with van der Waals surface area (Å²) in [7, 11) is 0. The Hall–Kier alpha value is -3.29. The fraction of sp³-hybridized carbons (Fsp3) is 0.435. The number of fused-ring (bicyclic) bond motifs is 1. The van der Waals surface area contributed by atoms with E-state index in [0.717, 1.165) is 51.1 Å². The van der Waals surface area contributed by atoms with Crippen LogP contribution in [0.3, 0.4) is 0 Å². The van der Waals surface area contributed by atoms with E-state index in [1.54, 1.807) is 6.07 Å². The van der Waals surface area contributed by atoms with Crippen LogP contribution in [-0.2, 0) is 11.2 Å². The van der Waals surface area contributed by atoms with Gasteiger partial charge in [-0.3, -0.25) is 15.0 Å². The summed E-state index contributed by atoms with van der Waals surface area (Å²) in [5, 5.41) is 11.3. The molecule has 0 N–H and O–H groups in total. The molecule has 1 amide bonds. The number of amides is 1. The minimum atomic E-state index is -0.440. The Balaban J connectivity index is 1.29. The van der Waals surface area contributed by atoms with Crippen molar-refractivity contribution >= 4 is 28.8 Å². The molecule has 2 fully saturated rings. The van der Waals surface area contributed by atoms with E-state index in [4.69, 9.17) is 4.74 Å². The number of nitrogens with zero attached hydrogens (tertiary/aromatic N) is 4. The number of para-hydroxylation sites is 1. The van der Waals surface area contributed by atoms with E-state index in [1.807, 2.05) is 0 Å². The van der Waals surface area contributed by atoms with E-state index < -0.39 is 11.0 Å².